The van der Waals surface area contributed by atoms with Crippen LogP contribution in [0.5, 0.6) is 0 Å². The van der Waals surface area contributed by atoms with E-state index < -0.39 is 16.9 Å². The largest absolute Gasteiger partial charge is 0.391 e. The summed E-state index contributed by atoms with van der Waals surface area (Å²) in [5, 5.41) is 12.5. The minimum Gasteiger partial charge on any atom is -0.391 e. The topological polar surface area (TPSA) is 49.3 Å². The Hall–Kier alpha value is 0.0700. The Morgan fingerprint density at radius 2 is 2.07 bits per heavy atom. The zero-order chi connectivity index (χ0) is 10.8. The molecule has 0 radical (unpaired) electrons. The fourth-order valence-electron chi connectivity index (χ4n) is 1.18. The van der Waals surface area contributed by atoms with Gasteiger partial charge in [-0.3, -0.25) is 4.21 Å². The van der Waals surface area contributed by atoms with Gasteiger partial charge in [0.15, 0.2) is 0 Å². The summed E-state index contributed by atoms with van der Waals surface area (Å²) in [6.45, 7) is 5.52. The van der Waals surface area contributed by atoms with E-state index in [1.165, 1.54) is 0 Å². The molecule has 14 heavy (non-hydrogen) atoms. The van der Waals surface area contributed by atoms with Gasteiger partial charge in [-0.25, -0.2) is 0 Å². The summed E-state index contributed by atoms with van der Waals surface area (Å²) >= 11 is 0. The maximum atomic E-state index is 11.4. The lowest BCUT2D eigenvalue weighted by Gasteiger charge is -2.10. The Morgan fingerprint density at radius 1 is 1.36 bits per heavy atom. The smallest absolute Gasteiger partial charge is 0.0779 e. The molecular formula is C10H23NO2S. The Balaban J connectivity index is 3.40. The maximum Gasteiger partial charge on any atom is 0.0779 e. The maximum absolute atomic E-state index is 11.4. The third-order valence-electron chi connectivity index (χ3n) is 1.98. The second-order valence-corrected chi connectivity index (χ2v) is 5.10. The average Bonchev–Trinajstić information content (AvgIpc) is 2.15. The fraction of sp³-hybridized carbons (Fsp3) is 1.00. The van der Waals surface area contributed by atoms with E-state index in [1.54, 1.807) is 0 Å². The van der Waals surface area contributed by atoms with Gasteiger partial charge < -0.3 is 10.4 Å². The Labute approximate surface area is 89.7 Å². The molecule has 3 nitrogen and oxygen atoms in total. The first-order chi connectivity index (χ1) is 6.70. The summed E-state index contributed by atoms with van der Waals surface area (Å²) in [4.78, 5) is 0. The van der Waals surface area contributed by atoms with Gasteiger partial charge in [0.05, 0.1) is 11.9 Å². The van der Waals surface area contributed by atoms with Gasteiger partial charge in [0, 0.05) is 23.1 Å². The molecule has 0 bridgehead atoms. The van der Waals surface area contributed by atoms with Crippen molar-refractivity contribution in [1.82, 2.24) is 5.32 Å². The highest BCUT2D eigenvalue weighted by molar-refractivity contribution is 7.85. The van der Waals surface area contributed by atoms with Gasteiger partial charge >= 0.3 is 0 Å². The van der Waals surface area contributed by atoms with Gasteiger partial charge in [-0.05, 0) is 13.0 Å². The van der Waals surface area contributed by atoms with Crippen LogP contribution in [0.4, 0.5) is 0 Å². The molecule has 0 aromatic carbocycles. The minimum absolute atomic E-state index is 0.413. The highest BCUT2D eigenvalue weighted by Gasteiger charge is 2.08. The lowest BCUT2D eigenvalue weighted by Crippen LogP contribution is -2.31. The first-order valence-electron chi connectivity index (χ1n) is 5.44. The second kappa shape index (κ2) is 9.62. The van der Waals surface area contributed by atoms with Crippen molar-refractivity contribution in [2.75, 3.05) is 24.6 Å². The summed E-state index contributed by atoms with van der Waals surface area (Å²) in [5.74, 6) is 1.15. The zero-order valence-corrected chi connectivity index (χ0v) is 10.1. The van der Waals surface area contributed by atoms with Crippen LogP contribution in [0.3, 0.4) is 0 Å². The van der Waals surface area contributed by atoms with Crippen molar-refractivity contribution >= 4 is 10.8 Å². The van der Waals surface area contributed by atoms with Crippen LogP contribution in [0, 0.1) is 0 Å². The van der Waals surface area contributed by atoms with Gasteiger partial charge in [-0.1, -0.05) is 26.7 Å². The number of unbranched alkanes of at least 4 members (excludes halogenated alkanes) is 2. The normalized spacial score (nSPS) is 15.4. The van der Waals surface area contributed by atoms with Crippen molar-refractivity contribution in [2.45, 2.75) is 39.2 Å². The predicted octanol–water partition coefficient (Wildman–Crippen LogP) is 0.896. The third kappa shape index (κ3) is 8.66. The number of hydrogen-bond donors (Lipinski definition) is 2. The van der Waals surface area contributed by atoms with E-state index in [9.17, 15) is 9.32 Å². The van der Waals surface area contributed by atoms with Crippen LogP contribution in [0.25, 0.3) is 0 Å². The van der Waals surface area contributed by atoms with Crippen LogP contribution in [0.1, 0.15) is 33.1 Å². The SMILES string of the molecule is CCCCCS(=O)CC(O)CNCC. The standard InChI is InChI=1S/C10H23NO2S/c1-3-5-6-7-14(13)9-10(12)8-11-4-2/h10-12H,3-9H2,1-2H3. The first kappa shape index (κ1) is 14.1. The van der Waals surface area contributed by atoms with Gasteiger partial charge in [0.2, 0.25) is 0 Å². The molecule has 0 aliphatic heterocycles. The van der Waals surface area contributed by atoms with E-state index in [-0.39, 0.29) is 0 Å². The van der Waals surface area contributed by atoms with Crippen molar-refractivity contribution in [3.8, 4) is 0 Å². The van der Waals surface area contributed by atoms with Crippen molar-refractivity contribution in [3.05, 3.63) is 0 Å². The molecule has 0 heterocycles. The highest BCUT2D eigenvalue weighted by atomic mass is 32.2. The zero-order valence-electron chi connectivity index (χ0n) is 9.29. The van der Waals surface area contributed by atoms with E-state index in [4.69, 9.17) is 0 Å². The summed E-state index contributed by atoms with van der Waals surface area (Å²) in [6.07, 6.45) is 2.83. The Kier molecular flexibility index (Phi) is 9.67. The van der Waals surface area contributed by atoms with Gasteiger partial charge in [-0.15, -0.1) is 0 Å². The van der Waals surface area contributed by atoms with Crippen LogP contribution in [0.15, 0.2) is 0 Å². The molecule has 0 aliphatic rings. The summed E-state index contributed by atoms with van der Waals surface area (Å²) in [7, 11) is -0.845. The van der Waals surface area contributed by atoms with Gasteiger partial charge in [0.1, 0.15) is 0 Å². The highest BCUT2D eigenvalue weighted by Crippen LogP contribution is 1.98. The van der Waals surface area contributed by atoms with Crippen LogP contribution in [-0.4, -0.2) is 40.0 Å². The van der Waals surface area contributed by atoms with E-state index in [2.05, 4.69) is 12.2 Å². The van der Waals surface area contributed by atoms with Crippen LogP contribution in [0.2, 0.25) is 0 Å². The average molecular weight is 221 g/mol. The van der Waals surface area contributed by atoms with Crippen molar-refractivity contribution in [3.63, 3.8) is 0 Å². The molecule has 0 aliphatic carbocycles. The van der Waals surface area contributed by atoms with Gasteiger partial charge in [-0.2, -0.15) is 0 Å². The lowest BCUT2D eigenvalue weighted by atomic mass is 10.3. The van der Waals surface area contributed by atoms with Crippen molar-refractivity contribution in [1.29, 1.82) is 0 Å². The molecule has 0 spiro atoms. The van der Waals surface area contributed by atoms with Crippen LogP contribution >= 0.6 is 0 Å². The molecule has 0 amide bonds. The molecule has 2 N–H and O–H groups in total. The summed E-state index contributed by atoms with van der Waals surface area (Å²) in [5.41, 5.74) is 0. The van der Waals surface area contributed by atoms with Gasteiger partial charge in [0.25, 0.3) is 0 Å². The number of aliphatic hydroxyl groups is 1. The molecule has 0 saturated heterocycles. The molecule has 2 unspecified atom stereocenters. The molecule has 2 atom stereocenters. The number of aliphatic hydroxyl groups excluding tert-OH is 1. The Morgan fingerprint density at radius 3 is 2.64 bits per heavy atom. The minimum atomic E-state index is -0.845. The quantitative estimate of drug-likeness (QED) is 0.569. The molecule has 86 valence electrons. The molecular weight excluding hydrogens is 198 g/mol. The number of hydrogen-bond acceptors (Lipinski definition) is 3. The fourth-order valence-corrected chi connectivity index (χ4v) is 2.42. The summed E-state index contributed by atoms with van der Waals surface area (Å²) < 4.78 is 11.4. The van der Waals surface area contributed by atoms with Crippen molar-refractivity contribution in [2.24, 2.45) is 0 Å². The van der Waals surface area contributed by atoms with Crippen molar-refractivity contribution < 1.29 is 9.32 Å². The monoisotopic (exact) mass is 221 g/mol. The summed E-state index contributed by atoms with van der Waals surface area (Å²) in [6, 6.07) is 0. The van der Waals surface area contributed by atoms with E-state index in [0.29, 0.717) is 12.3 Å². The number of rotatable bonds is 9. The number of nitrogens with one attached hydrogen (secondary N) is 1. The Bertz CT molecular complexity index is 153. The molecule has 0 fully saturated rings. The van der Waals surface area contributed by atoms with Crippen LogP contribution < -0.4 is 5.32 Å². The molecule has 4 heteroatoms. The molecule has 0 aromatic rings. The van der Waals surface area contributed by atoms with E-state index in [0.717, 1.165) is 31.6 Å². The molecule has 0 saturated carbocycles. The van der Waals surface area contributed by atoms with E-state index >= 15 is 0 Å². The van der Waals surface area contributed by atoms with E-state index in [1.807, 2.05) is 6.92 Å². The van der Waals surface area contributed by atoms with Crippen LogP contribution in [-0.2, 0) is 10.8 Å². The number of likely N-dealkylation sites (N-methyl/N-ethyl adjacent to an activating group) is 1. The third-order valence-corrected chi connectivity index (χ3v) is 3.48. The predicted molar refractivity (Wildman–Crippen MR) is 62.0 cm³/mol. The molecule has 0 rings (SSSR count). The second-order valence-electron chi connectivity index (χ2n) is 3.48. The molecule has 0 aromatic heterocycles. The lowest BCUT2D eigenvalue weighted by molar-refractivity contribution is 0.195. The first-order valence-corrected chi connectivity index (χ1v) is 6.93.